The molecule has 1 heterocycles. The molecule has 1 aliphatic carbocycles. The Labute approximate surface area is 209 Å². The molecule has 2 fully saturated rings. The molecule has 0 radical (unpaired) electrons. The number of amides is 1. The summed E-state index contributed by atoms with van der Waals surface area (Å²) in [6.45, 7) is 8.93. The van der Waals surface area contributed by atoms with Crippen LogP contribution in [0.4, 0.5) is 4.79 Å². The molecule has 0 bridgehead atoms. The van der Waals surface area contributed by atoms with Crippen LogP contribution in [0.15, 0.2) is 29.3 Å². The average Bonchev–Trinajstić information content (AvgIpc) is 3.56. The lowest BCUT2D eigenvalue weighted by atomic mass is 10.0. The van der Waals surface area contributed by atoms with Crippen molar-refractivity contribution >= 4 is 36.0 Å². The molecule has 32 heavy (non-hydrogen) atoms. The second-order valence-electron chi connectivity index (χ2n) is 9.50. The van der Waals surface area contributed by atoms with E-state index in [4.69, 9.17) is 10.00 Å². The maximum Gasteiger partial charge on any atom is 0.410 e. The quantitative estimate of drug-likeness (QED) is 0.333. The Bertz CT molecular complexity index is 816. The summed E-state index contributed by atoms with van der Waals surface area (Å²) >= 11 is 0. The zero-order valence-electron chi connectivity index (χ0n) is 19.6. The highest BCUT2D eigenvalue weighted by Crippen LogP contribution is 2.32. The summed E-state index contributed by atoms with van der Waals surface area (Å²) in [5.41, 5.74) is 1.29. The predicted molar refractivity (Wildman–Crippen MR) is 137 cm³/mol. The van der Waals surface area contributed by atoms with Crippen molar-refractivity contribution in [3.8, 4) is 6.07 Å². The van der Waals surface area contributed by atoms with Crippen molar-refractivity contribution < 1.29 is 9.53 Å². The molecule has 1 saturated carbocycles. The van der Waals surface area contributed by atoms with Crippen LogP contribution in [0.5, 0.6) is 0 Å². The minimum Gasteiger partial charge on any atom is -0.444 e. The van der Waals surface area contributed by atoms with Crippen LogP contribution < -0.4 is 5.32 Å². The highest BCUT2D eigenvalue weighted by atomic mass is 127. The Morgan fingerprint density at radius 1 is 1.22 bits per heavy atom. The molecule has 0 aromatic heterocycles. The van der Waals surface area contributed by atoms with Gasteiger partial charge < -0.3 is 19.9 Å². The number of rotatable bonds is 5. The Morgan fingerprint density at radius 3 is 2.34 bits per heavy atom. The second kappa shape index (κ2) is 11.7. The van der Waals surface area contributed by atoms with Crippen molar-refractivity contribution in [2.75, 3.05) is 26.7 Å². The SMILES string of the molecule is CN=C(NCc1ccc(C#N)cc1)N1CCC(N(CC2CC2)C(=O)OC(C)(C)C)CC1.I. The summed E-state index contributed by atoms with van der Waals surface area (Å²) in [6.07, 6.45) is 4.06. The van der Waals surface area contributed by atoms with E-state index in [1.54, 1.807) is 7.05 Å². The molecule has 1 saturated heterocycles. The minimum atomic E-state index is -0.475. The number of nitrogens with one attached hydrogen (secondary N) is 1. The predicted octanol–water partition coefficient (Wildman–Crippen LogP) is 4.36. The molecule has 2 aliphatic rings. The largest absolute Gasteiger partial charge is 0.444 e. The molecule has 1 amide bonds. The van der Waals surface area contributed by atoms with Gasteiger partial charge in [-0.2, -0.15) is 5.26 Å². The lowest BCUT2D eigenvalue weighted by Crippen LogP contribution is -2.52. The summed E-state index contributed by atoms with van der Waals surface area (Å²) in [4.78, 5) is 21.5. The van der Waals surface area contributed by atoms with Crippen LogP contribution in [-0.2, 0) is 11.3 Å². The Kier molecular flexibility index (Phi) is 9.62. The van der Waals surface area contributed by atoms with Crippen LogP contribution in [0.25, 0.3) is 0 Å². The number of aliphatic imine (C=N–C) groups is 1. The van der Waals surface area contributed by atoms with Gasteiger partial charge in [-0.25, -0.2) is 4.79 Å². The number of hydrogen-bond acceptors (Lipinski definition) is 4. The number of carbonyl (C=O) groups excluding carboxylic acids is 1. The van der Waals surface area contributed by atoms with Crippen molar-refractivity contribution in [2.45, 2.75) is 64.6 Å². The number of carbonyl (C=O) groups is 1. The summed E-state index contributed by atoms with van der Waals surface area (Å²) in [5.74, 6) is 1.50. The Balaban J connectivity index is 0.00000363. The standard InChI is InChI=1S/C24H35N5O2.HI/c1-24(2,3)31-23(30)29(17-20-9-10-20)21-11-13-28(14-12-21)22(26-4)27-16-19-7-5-18(15-25)6-8-19;/h5-8,20-21H,9-14,16-17H2,1-4H3,(H,26,27);1H. The first-order valence-electron chi connectivity index (χ1n) is 11.2. The molecule has 0 atom stereocenters. The first kappa shape index (κ1) is 26.2. The van der Waals surface area contributed by atoms with Crippen molar-refractivity contribution in [3.05, 3.63) is 35.4 Å². The van der Waals surface area contributed by atoms with Crippen LogP contribution in [0.1, 0.15) is 57.6 Å². The molecule has 1 aromatic carbocycles. The fourth-order valence-electron chi connectivity index (χ4n) is 3.87. The first-order valence-corrected chi connectivity index (χ1v) is 11.2. The van der Waals surface area contributed by atoms with Crippen LogP contribution in [0, 0.1) is 17.2 Å². The first-order chi connectivity index (χ1) is 14.8. The van der Waals surface area contributed by atoms with Gasteiger partial charge in [0.15, 0.2) is 5.96 Å². The van der Waals surface area contributed by atoms with Gasteiger partial charge in [-0.15, -0.1) is 24.0 Å². The third-order valence-corrected chi connectivity index (χ3v) is 5.73. The van der Waals surface area contributed by atoms with Gasteiger partial charge in [-0.1, -0.05) is 12.1 Å². The van der Waals surface area contributed by atoms with E-state index in [1.807, 2.05) is 49.9 Å². The summed E-state index contributed by atoms with van der Waals surface area (Å²) in [5, 5.41) is 12.4. The number of nitriles is 1. The maximum atomic E-state index is 12.8. The van der Waals surface area contributed by atoms with Gasteiger partial charge >= 0.3 is 6.09 Å². The van der Waals surface area contributed by atoms with Crippen LogP contribution in [-0.4, -0.2) is 60.2 Å². The molecular weight excluding hydrogens is 517 g/mol. The van der Waals surface area contributed by atoms with E-state index in [0.29, 0.717) is 18.0 Å². The third kappa shape index (κ3) is 7.84. The van der Waals surface area contributed by atoms with E-state index >= 15 is 0 Å². The molecule has 3 rings (SSSR count). The van der Waals surface area contributed by atoms with Gasteiger partial charge in [0.1, 0.15) is 5.60 Å². The second-order valence-corrected chi connectivity index (χ2v) is 9.50. The number of guanidine groups is 1. The number of piperidine rings is 1. The summed E-state index contributed by atoms with van der Waals surface area (Å²) < 4.78 is 5.70. The summed E-state index contributed by atoms with van der Waals surface area (Å²) in [6, 6.07) is 9.93. The molecule has 176 valence electrons. The van der Waals surface area contributed by atoms with E-state index in [0.717, 1.165) is 44.0 Å². The van der Waals surface area contributed by atoms with E-state index in [9.17, 15) is 4.79 Å². The molecule has 0 spiro atoms. The molecule has 1 aromatic rings. The van der Waals surface area contributed by atoms with Crippen LogP contribution in [0.3, 0.4) is 0 Å². The third-order valence-electron chi connectivity index (χ3n) is 5.73. The number of likely N-dealkylation sites (tertiary alicyclic amines) is 1. The number of halogens is 1. The zero-order chi connectivity index (χ0) is 22.4. The lowest BCUT2D eigenvalue weighted by molar-refractivity contribution is 0.00928. The van der Waals surface area contributed by atoms with Gasteiger partial charge in [0, 0.05) is 39.3 Å². The number of hydrogen-bond donors (Lipinski definition) is 1. The van der Waals surface area contributed by atoms with Crippen molar-refractivity contribution in [3.63, 3.8) is 0 Å². The molecule has 1 aliphatic heterocycles. The lowest BCUT2D eigenvalue weighted by Gasteiger charge is -2.40. The smallest absolute Gasteiger partial charge is 0.410 e. The van der Waals surface area contributed by atoms with Crippen LogP contribution in [0.2, 0.25) is 0 Å². The van der Waals surface area contributed by atoms with Gasteiger partial charge in [-0.3, -0.25) is 4.99 Å². The van der Waals surface area contributed by atoms with Crippen LogP contribution >= 0.6 is 24.0 Å². The molecule has 8 heteroatoms. The monoisotopic (exact) mass is 553 g/mol. The van der Waals surface area contributed by atoms with E-state index in [-0.39, 0.29) is 36.1 Å². The van der Waals surface area contributed by atoms with Crippen molar-refractivity contribution in [2.24, 2.45) is 10.9 Å². The minimum absolute atomic E-state index is 0. The fourth-order valence-corrected chi connectivity index (χ4v) is 3.87. The highest BCUT2D eigenvalue weighted by Gasteiger charge is 2.35. The Hall–Kier alpha value is -2.02. The van der Waals surface area contributed by atoms with Crippen molar-refractivity contribution in [1.82, 2.24) is 15.1 Å². The van der Waals surface area contributed by atoms with E-state index < -0.39 is 5.60 Å². The highest BCUT2D eigenvalue weighted by molar-refractivity contribution is 14.0. The van der Waals surface area contributed by atoms with Gasteiger partial charge in [0.05, 0.1) is 11.6 Å². The summed E-state index contributed by atoms with van der Waals surface area (Å²) in [7, 11) is 1.80. The van der Waals surface area contributed by atoms with Gasteiger partial charge in [0.25, 0.3) is 0 Å². The normalized spacial score (nSPS) is 17.2. The zero-order valence-corrected chi connectivity index (χ0v) is 22.0. The van der Waals surface area contributed by atoms with Gasteiger partial charge in [-0.05, 0) is 70.1 Å². The van der Waals surface area contributed by atoms with Crippen molar-refractivity contribution in [1.29, 1.82) is 5.26 Å². The Morgan fingerprint density at radius 2 is 1.84 bits per heavy atom. The van der Waals surface area contributed by atoms with E-state index in [2.05, 4.69) is 21.3 Å². The topological polar surface area (TPSA) is 81.0 Å². The number of ether oxygens (including phenoxy) is 1. The van der Waals surface area contributed by atoms with Gasteiger partial charge in [0.2, 0.25) is 0 Å². The number of benzene rings is 1. The maximum absolute atomic E-state index is 12.8. The van der Waals surface area contributed by atoms with E-state index in [1.165, 1.54) is 12.8 Å². The average molecular weight is 553 g/mol. The molecule has 1 N–H and O–H groups in total. The number of nitrogens with zero attached hydrogens (tertiary/aromatic N) is 4. The molecule has 7 nitrogen and oxygen atoms in total. The molecule has 0 unspecified atom stereocenters. The fraction of sp³-hybridized carbons (Fsp3) is 0.625. The molecular formula is C24H36IN5O2.